The summed E-state index contributed by atoms with van der Waals surface area (Å²) in [5.74, 6) is 0. The van der Waals surface area contributed by atoms with E-state index < -0.39 is 5.67 Å². The third kappa shape index (κ3) is 2.53. The van der Waals surface area contributed by atoms with Gasteiger partial charge in [0, 0.05) is 24.9 Å². The van der Waals surface area contributed by atoms with Gasteiger partial charge in [-0.2, -0.15) is 0 Å². The maximum atomic E-state index is 14.1. The molecule has 2 nitrogen and oxygen atoms in total. The molecule has 0 aromatic carbocycles. The average molecular weight is 208 g/mol. The molecule has 82 valence electrons. The minimum Gasteiger partial charge on any atom is -0.313 e. The van der Waals surface area contributed by atoms with E-state index in [4.69, 9.17) is 0 Å². The van der Waals surface area contributed by atoms with Crippen LogP contribution in [0.15, 0.2) is 18.3 Å². The molecule has 0 radical (unpaired) electrons. The van der Waals surface area contributed by atoms with Crippen LogP contribution in [0.25, 0.3) is 0 Å². The standard InChI is InChI=1S/C12H17FN2/c1-2-10-3-4-11(15-8-10)7-12(13)5-6-14-9-12/h3-4,8,14H,2,5-7,9H2,1H3. The fourth-order valence-electron chi connectivity index (χ4n) is 1.96. The quantitative estimate of drug-likeness (QED) is 0.820. The highest BCUT2D eigenvalue weighted by Crippen LogP contribution is 2.24. The van der Waals surface area contributed by atoms with Gasteiger partial charge in [-0.1, -0.05) is 13.0 Å². The Labute approximate surface area is 89.9 Å². The van der Waals surface area contributed by atoms with Crippen molar-refractivity contribution in [2.24, 2.45) is 0 Å². The van der Waals surface area contributed by atoms with Crippen molar-refractivity contribution in [2.45, 2.75) is 31.9 Å². The molecule has 1 aromatic heterocycles. The van der Waals surface area contributed by atoms with Crippen LogP contribution in [0.2, 0.25) is 0 Å². The molecule has 1 fully saturated rings. The maximum Gasteiger partial charge on any atom is 0.130 e. The first kappa shape index (κ1) is 10.6. The van der Waals surface area contributed by atoms with Gasteiger partial charge in [0.1, 0.15) is 5.67 Å². The SMILES string of the molecule is CCc1ccc(CC2(F)CCNC2)nc1. The zero-order chi connectivity index (χ0) is 10.7. The first-order chi connectivity index (χ1) is 7.22. The van der Waals surface area contributed by atoms with Gasteiger partial charge >= 0.3 is 0 Å². The number of nitrogens with one attached hydrogen (secondary N) is 1. The minimum absolute atomic E-state index is 0.435. The van der Waals surface area contributed by atoms with E-state index in [2.05, 4.69) is 17.2 Å². The van der Waals surface area contributed by atoms with E-state index in [0.29, 0.717) is 19.4 Å². The monoisotopic (exact) mass is 208 g/mol. The van der Waals surface area contributed by atoms with E-state index in [1.54, 1.807) is 0 Å². The number of hydrogen-bond acceptors (Lipinski definition) is 2. The highest BCUT2D eigenvalue weighted by molar-refractivity contribution is 5.16. The van der Waals surface area contributed by atoms with Crippen LogP contribution >= 0.6 is 0 Å². The molecule has 1 unspecified atom stereocenters. The van der Waals surface area contributed by atoms with E-state index >= 15 is 0 Å². The van der Waals surface area contributed by atoms with Crippen LogP contribution in [-0.2, 0) is 12.8 Å². The molecule has 1 saturated heterocycles. The summed E-state index contributed by atoms with van der Waals surface area (Å²) < 4.78 is 14.1. The number of alkyl halides is 1. The smallest absolute Gasteiger partial charge is 0.130 e. The second kappa shape index (κ2) is 4.27. The minimum atomic E-state index is -1.08. The van der Waals surface area contributed by atoms with Gasteiger partial charge in [0.25, 0.3) is 0 Å². The van der Waals surface area contributed by atoms with Gasteiger partial charge in [-0.05, 0) is 31.0 Å². The van der Waals surface area contributed by atoms with E-state index in [0.717, 1.165) is 18.7 Å². The van der Waals surface area contributed by atoms with Crippen molar-refractivity contribution in [3.05, 3.63) is 29.6 Å². The molecule has 2 heterocycles. The summed E-state index contributed by atoms with van der Waals surface area (Å²) in [6.45, 7) is 3.34. The molecular formula is C12H17FN2. The molecule has 1 N–H and O–H groups in total. The molecule has 1 aromatic rings. The van der Waals surface area contributed by atoms with Gasteiger partial charge in [-0.25, -0.2) is 4.39 Å². The number of pyridine rings is 1. The lowest BCUT2D eigenvalue weighted by atomic mass is 9.98. The molecule has 1 atom stereocenters. The van der Waals surface area contributed by atoms with Crippen molar-refractivity contribution in [2.75, 3.05) is 13.1 Å². The zero-order valence-corrected chi connectivity index (χ0v) is 9.09. The summed E-state index contributed by atoms with van der Waals surface area (Å²) in [4.78, 5) is 4.29. The Morgan fingerprint density at radius 1 is 1.53 bits per heavy atom. The third-order valence-corrected chi connectivity index (χ3v) is 2.98. The molecule has 0 spiro atoms. The van der Waals surface area contributed by atoms with Crippen LogP contribution in [-0.4, -0.2) is 23.7 Å². The molecule has 0 aliphatic carbocycles. The summed E-state index contributed by atoms with van der Waals surface area (Å²) in [5.41, 5.74) is 0.982. The second-order valence-electron chi connectivity index (χ2n) is 4.27. The predicted molar refractivity (Wildman–Crippen MR) is 58.6 cm³/mol. The topological polar surface area (TPSA) is 24.9 Å². The van der Waals surface area contributed by atoms with Crippen molar-refractivity contribution in [1.82, 2.24) is 10.3 Å². The normalized spacial score (nSPS) is 25.7. The van der Waals surface area contributed by atoms with Gasteiger partial charge in [0.2, 0.25) is 0 Å². The average Bonchev–Trinajstić information content (AvgIpc) is 2.66. The Bertz CT molecular complexity index is 315. The summed E-state index contributed by atoms with van der Waals surface area (Å²) >= 11 is 0. The summed E-state index contributed by atoms with van der Waals surface area (Å²) in [6, 6.07) is 3.98. The summed E-state index contributed by atoms with van der Waals surface area (Å²) in [6.07, 6.45) is 3.87. The highest BCUT2D eigenvalue weighted by atomic mass is 19.1. The molecule has 0 bridgehead atoms. The fraction of sp³-hybridized carbons (Fsp3) is 0.583. The van der Waals surface area contributed by atoms with Gasteiger partial charge in [-0.3, -0.25) is 4.98 Å². The van der Waals surface area contributed by atoms with E-state index in [1.165, 1.54) is 5.56 Å². The lowest BCUT2D eigenvalue weighted by molar-refractivity contribution is 0.189. The van der Waals surface area contributed by atoms with Crippen LogP contribution in [0, 0.1) is 0 Å². The lowest BCUT2D eigenvalue weighted by Gasteiger charge is -2.17. The molecule has 15 heavy (non-hydrogen) atoms. The van der Waals surface area contributed by atoms with E-state index in [-0.39, 0.29) is 0 Å². The number of aryl methyl sites for hydroxylation is 1. The highest BCUT2D eigenvalue weighted by Gasteiger charge is 2.33. The predicted octanol–water partition coefficient (Wildman–Crippen LogP) is 1.89. The number of halogens is 1. The Morgan fingerprint density at radius 2 is 2.40 bits per heavy atom. The third-order valence-electron chi connectivity index (χ3n) is 2.98. The van der Waals surface area contributed by atoms with Crippen LogP contribution < -0.4 is 5.32 Å². The number of rotatable bonds is 3. The van der Waals surface area contributed by atoms with Gasteiger partial charge in [0.15, 0.2) is 0 Å². The summed E-state index contributed by atoms with van der Waals surface area (Å²) in [5, 5.41) is 3.05. The van der Waals surface area contributed by atoms with Crippen molar-refractivity contribution in [3.63, 3.8) is 0 Å². The Balaban J connectivity index is 2.04. The Hall–Kier alpha value is -0.960. The van der Waals surface area contributed by atoms with Gasteiger partial charge < -0.3 is 5.32 Å². The van der Waals surface area contributed by atoms with Gasteiger partial charge in [0.05, 0.1) is 0 Å². The molecule has 3 heteroatoms. The van der Waals surface area contributed by atoms with Crippen LogP contribution in [0.5, 0.6) is 0 Å². The number of hydrogen-bond donors (Lipinski definition) is 1. The Morgan fingerprint density at radius 3 is 2.93 bits per heavy atom. The molecule has 1 aliphatic heterocycles. The lowest BCUT2D eigenvalue weighted by Crippen LogP contribution is -2.29. The number of nitrogens with zero attached hydrogens (tertiary/aromatic N) is 1. The second-order valence-corrected chi connectivity index (χ2v) is 4.27. The van der Waals surface area contributed by atoms with E-state index in [1.807, 2.05) is 18.3 Å². The molecule has 0 saturated carbocycles. The maximum absolute atomic E-state index is 14.1. The van der Waals surface area contributed by atoms with Crippen LogP contribution in [0.4, 0.5) is 4.39 Å². The molecule has 1 aliphatic rings. The number of aromatic nitrogens is 1. The van der Waals surface area contributed by atoms with Crippen molar-refractivity contribution < 1.29 is 4.39 Å². The van der Waals surface area contributed by atoms with Crippen molar-refractivity contribution in [3.8, 4) is 0 Å². The molecule has 0 amide bonds. The van der Waals surface area contributed by atoms with Crippen molar-refractivity contribution >= 4 is 0 Å². The zero-order valence-electron chi connectivity index (χ0n) is 9.09. The first-order valence-corrected chi connectivity index (χ1v) is 5.55. The fourth-order valence-corrected chi connectivity index (χ4v) is 1.96. The molecule has 2 rings (SSSR count). The Kier molecular flexibility index (Phi) is 3.00. The van der Waals surface area contributed by atoms with Gasteiger partial charge in [-0.15, -0.1) is 0 Å². The van der Waals surface area contributed by atoms with E-state index in [9.17, 15) is 4.39 Å². The first-order valence-electron chi connectivity index (χ1n) is 5.55. The largest absolute Gasteiger partial charge is 0.313 e. The van der Waals surface area contributed by atoms with Crippen molar-refractivity contribution in [1.29, 1.82) is 0 Å². The van der Waals surface area contributed by atoms with Crippen LogP contribution in [0.3, 0.4) is 0 Å². The molecular weight excluding hydrogens is 191 g/mol. The summed E-state index contributed by atoms with van der Waals surface area (Å²) in [7, 11) is 0. The van der Waals surface area contributed by atoms with Crippen LogP contribution in [0.1, 0.15) is 24.6 Å².